The summed E-state index contributed by atoms with van der Waals surface area (Å²) in [6.45, 7) is 1.41. The number of rotatable bonds is 8. The van der Waals surface area contributed by atoms with Crippen molar-refractivity contribution in [2.75, 3.05) is 20.3 Å². The molecule has 0 amide bonds. The number of nitrogens with one attached hydrogen (secondary N) is 1. The number of nitrogens with zero attached hydrogens (tertiary/aromatic N) is 1. The van der Waals surface area contributed by atoms with Crippen LogP contribution in [0.15, 0.2) is 24.3 Å². The van der Waals surface area contributed by atoms with Gasteiger partial charge in [-0.1, -0.05) is 18.2 Å². The van der Waals surface area contributed by atoms with Crippen molar-refractivity contribution in [3.05, 3.63) is 29.8 Å². The molecule has 0 saturated heterocycles. The van der Waals surface area contributed by atoms with Crippen LogP contribution < -0.4 is 10.1 Å². The van der Waals surface area contributed by atoms with E-state index in [0.717, 1.165) is 18.5 Å². The van der Waals surface area contributed by atoms with Crippen LogP contribution >= 0.6 is 0 Å². The zero-order valence-corrected chi connectivity index (χ0v) is 11.0. The largest absolute Gasteiger partial charge is 0.478 e. The van der Waals surface area contributed by atoms with Crippen LogP contribution in [-0.2, 0) is 16.1 Å². The Bertz CT molecular complexity index is 441. The summed E-state index contributed by atoms with van der Waals surface area (Å²) < 4.78 is 9.88. The number of methoxy groups -OCH3 is 1. The number of para-hydroxylation sites is 1. The van der Waals surface area contributed by atoms with E-state index in [-0.39, 0.29) is 12.6 Å². The monoisotopic (exact) mass is 262 g/mol. The second kappa shape index (κ2) is 8.95. The van der Waals surface area contributed by atoms with E-state index in [0.29, 0.717) is 18.7 Å². The van der Waals surface area contributed by atoms with Crippen LogP contribution in [0.3, 0.4) is 0 Å². The molecule has 0 saturated carbocycles. The molecular weight excluding hydrogens is 244 g/mol. The molecule has 0 heterocycles. The van der Waals surface area contributed by atoms with Crippen molar-refractivity contribution in [1.82, 2.24) is 5.32 Å². The van der Waals surface area contributed by atoms with Gasteiger partial charge in [-0.3, -0.25) is 4.79 Å². The molecular formula is C14H18N2O3. The topological polar surface area (TPSA) is 71.3 Å². The van der Waals surface area contributed by atoms with Crippen molar-refractivity contribution < 1.29 is 14.3 Å². The third-order valence-corrected chi connectivity index (χ3v) is 2.54. The maximum Gasteiger partial charge on any atom is 0.305 e. The third-order valence-electron chi connectivity index (χ3n) is 2.54. The number of hydrogen-bond acceptors (Lipinski definition) is 5. The van der Waals surface area contributed by atoms with Gasteiger partial charge in [-0.25, -0.2) is 0 Å². The summed E-state index contributed by atoms with van der Waals surface area (Å²) in [5, 5.41) is 11.7. The predicted molar refractivity (Wildman–Crippen MR) is 70.5 cm³/mol. The van der Waals surface area contributed by atoms with Gasteiger partial charge >= 0.3 is 5.97 Å². The Labute approximate surface area is 113 Å². The lowest BCUT2D eigenvalue weighted by atomic mass is 10.2. The molecule has 102 valence electrons. The van der Waals surface area contributed by atoms with Gasteiger partial charge in [0.15, 0.2) is 6.61 Å². The van der Waals surface area contributed by atoms with E-state index in [4.69, 9.17) is 10.00 Å². The Kier molecular flexibility index (Phi) is 7.06. The lowest BCUT2D eigenvalue weighted by molar-refractivity contribution is -0.140. The molecule has 5 nitrogen and oxygen atoms in total. The van der Waals surface area contributed by atoms with E-state index in [1.807, 2.05) is 30.3 Å². The summed E-state index contributed by atoms with van der Waals surface area (Å²) in [7, 11) is 1.39. The van der Waals surface area contributed by atoms with Crippen LogP contribution in [0.25, 0.3) is 0 Å². The van der Waals surface area contributed by atoms with E-state index in [9.17, 15) is 4.79 Å². The van der Waals surface area contributed by atoms with Gasteiger partial charge < -0.3 is 14.8 Å². The fraction of sp³-hybridized carbons (Fsp3) is 0.429. The van der Waals surface area contributed by atoms with E-state index in [2.05, 4.69) is 10.1 Å². The molecule has 0 radical (unpaired) electrons. The van der Waals surface area contributed by atoms with Crippen LogP contribution in [0, 0.1) is 11.3 Å². The number of carbonyl (C=O) groups is 1. The standard InChI is InChI=1S/C14H18N2O3/c1-18-14(17)7-4-9-16-11-12-5-2-3-6-13(12)19-10-8-15/h2-3,5-6,16H,4,7,9-11H2,1H3. The first-order valence-corrected chi connectivity index (χ1v) is 6.13. The highest BCUT2D eigenvalue weighted by Crippen LogP contribution is 2.17. The number of hydrogen-bond donors (Lipinski definition) is 1. The fourth-order valence-electron chi connectivity index (χ4n) is 1.58. The van der Waals surface area contributed by atoms with Crippen LogP contribution in [0.5, 0.6) is 5.75 Å². The van der Waals surface area contributed by atoms with Gasteiger partial charge in [-0.15, -0.1) is 0 Å². The highest BCUT2D eigenvalue weighted by atomic mass is 16.5. The van der Waals surface area contributed by atoms with Crippen LogP contribution in [-0.4, -0.2) is 26.2 Å². The highest BCUT2D eigenvalue weighted by molar-refractivity contribution is 5.69. The summed E-state index contributed by atoms with van der Waals surface area (Å²) in [4.78, 5) is 10.9. The molecule has 0 aromatic heterocycles. The first kappa shape index (κ1) is 15.0. The summed E-state index contributed by atoms with van der Waals surface area (Å²) in [6.07, 6.45) is 1.14. The lowest BCUT2D eigenvalue weighted by Gasteiger charge is -2.10. The number of esters is 1. The molecule has 0 aliphatic carbocycles. The highest BCUT2D eigenvalue weighted by Gasteiger charge is 2.03. The number of ether oxygens (including phenoxy) is 2. The average molecular weight is 262 g/mol. The molecule has 0 atom stereocenters. The average Bonchev–Trinajstić information content (AvgIpc) is 2.45. The SMILES string of the molecule is COC(=O)CCCNCc1ccccc1OCC#N. The maximum atomic E-state index is 10.9. The van der Waals surface area contributed by atoms with Crippen LogP contribution in [0.4, 0.5) is 0 Å². The molecule has 1 aromatic rings. The van der Waals surface area contributed by atoms with Crippen LogP contribution in [0.1, 0.15) is 18.4 Å². The van der Waals surface area contributed by atoms with E-state index >= 15 is 0 Å². The van der Waals surface area contributed by atoms with Gasteiger partial charge in [-0.05, 0) is 19.0 Å². The summed E-state index contributed by atoms with van der Waals surface area (Å²) in [5.74, 6) is 0.518. The van der Waals surface area contributed by atoms with Gasteiger partial charge in [0.2, 0.25) is 0 Å². The quantitative estimate of drug-likeness (QED) is 0.569. The molecule has 5 heteroatoms. The molecule has 0 unspecified atom stereocenters. The zero-order chi connectivity index (χ0) is 13.9. The van der Waals surface area contributed by atoms with E-state index < -0.39 is 0 Å². The first-order valence-electron chi connectivity index (χ1n) is 6.13. The third kappa shape index (κ3) is 5.89. The van der Waals surface area contributed by atoms with Crippen molar-refractivity contribution >= 4 is 5.97 Å². The minimum atomic E-state index is -0.195. The second-order valence-electron chi connectivity index (χ2n) is 3.91. The smallest absolute Gasteiger partial charge is 0.305 e. The van der Waals surface area contributed by atoms with Crippen LogP contribution in [0.2, 0.25) is 0 Å². The molecule has 1 rings (SSSR count). The first-order chi connectivity index (χ1) is 9.27. The summed E-state index contributed by atoms with van der Waals surface area (Å²) in [6, 6.07) is 9.52. The molecule has 19 heavy (non-hydrogen) atoms. The van der Waals surface area contributed by atoms with E-state index in [1.54, 1.807) is 0 Å². The fourth-order valence-corrected chi connectivity index (χ4v) is 1.58. The van der Waals surface area contributed by atoms with E-state index in [1.165, 1.54) is 7.11 Å². The van der Waals surface area contributed by atoms with Gasteiger partial charge in [0.1, 0.15) is 11.8 Å². The molecule has 1 aromatic carbocycles. The Hall–Kier alpha value is -2.06. The minimum Gasteiger partial charge on any atom is -0.478 e. The number of nitriles is 1. The normalized spacial score (nSPS) is 9.68. The molecule has 0 fully saturated rings. The molecule has 0 aliphatic heterocycles. The Morgan fingerprint density at radius 2 is 2.21 bits per heavy atom. The molecule has 1 N–H and O–H groups in total. The number of carbonyl (C=O) groups excluding carboxylic acids is 1. The van der Waals surface area contributed by atoms with Gasteiger partial charge in [0.25, 0.3) is 0 Å². The zero-order valence-electron chi connectivity index (χ0n) is 11.0. The number of benzene rings is 1. The van der Waals surface area contributed by atoms with Gasteiger partial charge in [0.05, 0.1) is 7.11 Å². The second-order valence-corrected chi connectivity index (χ2v) is 3.91. The molecule has 0 spiro atoms. The Morgan fingerprint density at radius 3 is 2.95 bits per heavy atom. The predicted octanol–water partition coefficient (Wildman–Crippen LogP) is 1.63. The van der Waals surface area contributed by atoms with Gasteiger partial charge in [-0.2, -0.15) is 5.26 Å². The molecule has 0 bridgehead atoms. The van der Waals surface area contributed by atoms with Crippen molar-refractivity contribution in [3.8, 4) is 11.8 Å². The van der Waals surface area contributed by atoms with Crippen molar-refractivity contribution in [2.45, 2.75) is 19.4 Å². The minimum absolute atomic E-state index is 0.0410. The Morgan fingerprint density at radius 1 is 1.42 bits per heavy atom. The van der Waals surface area contributed by atoms with Gasteiger partial charge in [0, 0.05) is 18.5 Å². The Balaban J connectivity index is 2.32. The lowest BCUT2D eigenvalue weighted by Crippen LogP contribution is -2.16. The molecule has 0 aliphatic rings. The summed E-state index contributed by atoms with van der Waals surface area (Å²) >= 11 is 0. The van der Waals surface area contributed by atoms with Crippen molar-refractivity contribution in [3.63, 3.8) is 0 Å². The maximum absolute atomic E-state index is 10.9. The summed E-state index contributed by atoms with van der Waals surface area (Å²) in [5.41, 5.74) is 0.996. The van der Waals surface area contributed by atoms with Crippen molar-refractivity contribution in [2.24, 2.45) is 0 Å². The van der Waals surface area contributed by atoms with Crippen molar-refractivity contribution in [1.29, 1.82) is 5.26 Å².